The van der Waals surface area contributed by atoms with Gasteiger partial charge in [-0.05, 0) is 105 Å². The molecule has 270 valence electrons. The molecule has 5 rings (SSSR count). The van der Waals surface area contributed by atoms with E-state index < -0.39 is 41.2 Å². The molecule has 0 amide bonds. The first kappa shape index (κ1) is 41.1. The second kappa shape index (κ2) is 19.4. The van der Waals surface area contributed by atoms with Crippen LogP contribution in [0.25, 0.3) is 0 Å². The third-order valence-electron chi connectivity index (χ3n) is 8.50. The maximum absolute atomic E-state index is 12.1. The van der Waals surface area contributed by atoms with Crippen LogP contribution in [0.15, 0.2) is 47.3 Å². The summed E-state index contributed by atoms with van der Waals surface area (Å²) < 4.78 is 53.8. The van der Waals surface area contributed by atoms with Crippen molar-refractivity contribution in [1.29, 1.82) is 0 Å². The van der Waals surface area contributed by atoms with Crippen LogP contribution in [-0.4, -0.2) is 86.2 Å². The van der Waals surface area contributed by atoms with Crippen LogP contribution in [0, 0.1) is 13.8 Å². The molecule has 2 heterocycles. The van der Waals surface area contributed by atoms with Gasteiger partial charge < -0.3 is 39.8 Å². The summed E-state index contributed by atoms with van der Waals surface area (Å²) in [6, 6.07) is 12.4. The lowest BCUT2D eigenvalue weighted by molar-refractivity contribution is -0.163. The summed E-state index contributed by atoms with van der Waals surface area (Å²) in [5.74, 6) is 1.80. The third-order valence-corrected chi connectivity index (χ3v) is 8.50. The molecule has 2 fully saturated rings. The molecule has 1 aromatic heterocycles. The fourth-order valence-electron chi connectivity index (χ4n) is 5.86. The number of phenolic OH excluding ortho intramolecular Hbond substituents is 1. The highest BCUT2D eigenvalue weighted by Gasteiger charge is 2.34. The summed E-state index contributed by atoms with van der Waals surface area (Å²) in [4.78, 5) is 12.3. The first-order valence-corrected chi connectivity index (χ1v) is 17.0. The summed E-state index contributed by atoms with van der Waals surface area (Å²) in [6.45, 7) is 9.87. The number of aromatic amines is 1. The Morgan fingerprint density at radius 3 is 2.18 bits per heavy atom. The van der Waals surface area contributed by atoms with Crippen LogP contribution < -0.4 is 26.5 Å². The van der Waals surface area contributed by atoms with Gasteiger partial charge >= 0.3 is 6.18 Å². The van der Waals surface area contributed by atoms with Gasteiger partial charge in [0.15, 0.2) is 0 Å². The van der Waals surface area contributed by atoms with Crippen LogP contribution in [0.1, 0.15) is 68.3 Å². The first-order valence-electron chi connectivity index (χ1n) is 17.0. The Kier molecular flexibility index (Phi) is 15.9. The van der Waals surface area contributed by atoms with Crippen LogP contribution in [0.2, 0.25) is 0 Å². The monoisotopic (exact) mass is 698 g/mol. The maximum Gasteiger partial charge on any atom is 0.430 e. The Bertz CT molecular complexity index is 1530. The third kappa shape index (κ3) is 12.2. The van der Waals surface area contributed by atoms with Gasteiger partial charge in [-0.25, -0.2) is 0 Å². The minimum Gasteiger partial charge on any atom is -0.508 e. The Morgan fingerprint density at radius 2 is 1.58 bits per heavy atom. The molecule has 3 atom stereocenters. The summed E-state index contributed by atoms with van der Waals surface area (Å²) in [6.07, 6.45) is -0.935. The van der Waals surface area contributed by atoms with Gasteiger partial charge in [-0.15, -0.1) is 0 Å². The van der Waals surface area contributed by atoms with E-state index in [0.29, 0.717) is 31.4 Å². The number of halogens is 3. The largest absolute Gasteiger partial charge is 0.508 e. The van der Waals surface area contributed by atoms with E-state index in [1.54, 1.807) is 29.2 Å². The minimum absolute atomic E-state index is 0.189. The number of ether oxygens (including phenoxy) is 3. The van der Waals surface area contributed by atoms with E-state index in [9.17, 15) is 33.3 Å². The highest BCUT2D eigenvalue weighted by atomic mass is 19.4. The summed E-state index contributed by atoms with van der Waals surface area (Å²) in [7, 11) is 10.0. The van der Waals surface area contributed by atoms with Gasteiger partial charge in [0.05, 0.1) is 18.8 Å². The number of pyridine rings is 1. The molecule has 0 spiro atoms. The number of aromatic nitrogens is 1. The molecule has 9 nitrogen and oxygen atoms in total. The van der Waals surface area contributed by atoms with Crippen molar-refractivity contribution in [2.24, 2.45) is 0 Å². The zero-order valence-electron chi connectivity index (χ0n) is 29.1. The second-order valence-electron chi connectivity index (χ2n) is 12.3. The fourth-order valence-corrected chi connectivity index (χ4v) is 5.86. The van der Waals surface area contributed by atoms with Crippen molar-refractivity contribution in [3.05, 3.63) is 75.2 Å². The van der Waals surface area contributed by atoms with E-state index in [1.807, 2.05) is 13.8 Å². The molecule has 1 saturated carbocycles. The molecule has 4 radical (unpaired) electrons. The minimum atomic E-state index is -4.67. The van der Waals surface area contributed by atoms with E-state index in [0.717, 1.165) is 61.6 Å². The van der Waals surface area contributed by atoms with Gasteiger partial charge in [0.25, 0.3) is 0 Å². The first-order chi connectivity index (χ1) is 23.7. The number of phenols is 1. The molecular formula is C36H47B2F3N2O7. The van der Waals surface area contributed by atoms with Gasteiger partial charge in [-0.1, -0.05) is 37.5 Å². The van der Waals surface area contributed by atoms with Gasteiger partial charge in [0, 0.05) is 12.6 Å². The molecule has 2 aromatic carbocycles. The Hall–Kier alpha value is -3.29. The van der Waals surface area contributed by atoms with E-state index in [4.69, 9.17) is 29.9 Å². The topological polar surface area (TPSA) is 133 Å². The molecule has 5 N–H and O–H groups in total. The van der Waals surface area contributed by atoms with Crippen molar-refractivity contribution in [2.45, 2.75) is 103 Å². The molecule has 1 saturated heterocycles. The predicted molar refractivity (Wildman–Crippen MR) is 188 cm³/mol. The van der Waals surface area contributed by atoms with Crippen LogP contribution in [0.3, 0.4) is 0 Å². The van der Waals surface area contributed by atoms with Crippen molar-refractivity contribution < 1.29 is 42.7 Å². The molecular weight excluding hydrogens is 651 g/mol. The number of benzene rings is 2. The average Bonchev–Trinajstić information content (AvgIpc) is 3.07. The van der Waals surface area contributed by atoms with E-state index >= 15 is 0 Å². The predicted octanol–water partition coefficient (Wildman–Crippen LogP) is 3.78. The number of aliphatic hydroxyl groups is 2. The fraction of sp³-hybridized carbons (Fsp3) is 0.528. The number of aliphatic hydroxyl groups excluding tert-OH is 2. The maximum atomic E-state index is 12.1. The number of hydrogen-bond donors (Lipinski definition) is 5. The number of aryl methyl sites for hydroxylation is 2. The lowest BCUT2D eigenvalue weighted by Crippen LogP contribution is -2.47. The lowest BCUT2D eigenvalue weighted by atomic mass is 9.87. The number of alkyl halides is 3. The van der Waals surface area contributed by atoms with E-state index in [-0.39, 0.29) is 17.3 Å². The van der Waals surface area contributed by atoms with Gasteiger partial charge in [-0.3, -0.25) is 4.79 Å². The average molecular weight is 698 g/mol. The summed E-state index contributed by atoms with van der Waals surface area (Å²) in [5.41, 5.74) is 0.287. The van der Waals surface area contributed by atoms with Gasteiger partial charge in [0.2, 0.25) is 5.56 Å². The van der Waals surface area contributed by atoms with Crippen LogP contribution in [0.4, 0.5) is 13.2 Å². The van der Waals surface area contributed by atoms with Crippen LogP contribution in [-0.2, 0) is 22.1 Å². The van der Waals surface area contributed by atoms with Crippen molar-refractivity contribution in [1.82, 2.24) is 10.3 Å². The number of nitrogens with one attached hydrogen (secondary N) is 2. The van der Waals surface area contributed by atoms with Crippen LogP contribution in [0.5, 0.6) is 17.2 Å². The molecule has 3 aromatic rings. The van der Waals surface area contributed by atoms with Crippen LogP contribution >= 0.6 is 0 Å². The quantitative estimate of drug-likeness (QED) is 0.214. The van der Waals surface area contributed by atoms with Crippen molar-refractivity contribution in [3.8, 4) is 17.2 Å². The highest BCUT2D eigenvalue weighted by molar-refractivity contribution is 6.38. The smallest absolute Gasteiger partial charge is 0.430 e. The second-order valence-corrected chi connectivity index (χ2v) is 12.3. The number of hydrogen-bond acceptors (Lipinski definition) is 8. The number of H-pyrrole nitrogens is 1. The molecule has 14 heteroatoms. The molecule has 1 aliphatic heterocycles. The normalized spacial score (nSPS) is 22.1. The number of rotatable bonds is 9. The van der Waals surface area contributed by atoms with E-state index in [1.165, 1.54) is 5.56 Å². The molecule has 2 aliphatic rings. The standard InChI is InChI=1S/C28H39NO6.C6H2B2F3NO.C2H6/c1-18-15-20(16-19(2)28(18)35-24-9-5-22(30)6-10-24)11-13-29-21-3-7-23(8-4-21)34-17-26-27(32)25(31)12-14-33-26;7-2-1-3(8)5(13)12-4(2)6(9,10)11;1-2/h5-6,9-10,15-16,21,23,25-27,29-32H,3-4,7-8,11-14,17H2,1-2H3;1H,(H,12,13);1-2H3. The Balaban J connectivity index is 0.000000378. The molecule has 3 unspecified atom stereocenters. The zero-order chi connectivity index (χ0) is 37.0. The zero-order valence-corrected chi connectivity index (χ0v) is 29.1. The SMILES string of the molecule is CC.Cc1cc(CCNC2CCC(OCC3OCCC(O)C3O)CC2)cc(C)c1Oc1ccc(O)cc1.[B]c1cc([B])c(=O)[nH]c1C(F)(F)F. The van der Waals surface area contributed by atoms with Crippen molar-refractivity contribution >= 4 is 26.6 Å². The summed E-state index contributed by atoms with van der Waals surface area (Å²) >= 11 is 0. The van der Waals surface area contributed by atoms with Gasteiger partial charge in [-0.2, -0.15) is 13.2 Å². The van der Waals surface area contributed by atoms with Crippen molar-refractivity contribution in [2.75, 3.05) is 19.8 Å². The molecule has 0 bridgehead atoms. The summed E-state index contributed by atoms with van der Waals surface area (Å²) in [5, 5.41) is 33.0. The lowest BCUT2D eigenvalue weighted by Gasteiger charge is -2.34. The Morgan fingerprint density at radius 1 is 0.960 bits per heavy atom. The van der Waals surface area contributed by atoms with Gasteiger partial charge in [0.1, 0.15) is 50.8 Å². The highest BCUT2D eigenvalue weighted by Crippen LogP contribution is 2.31. The van der Waals surface area contributed by atoms with Crippen molar-refractivity contribution in [3.63, 3.8) is 0 Å². The Labute approximate surface area is 294 Å². The molecule has 50 heavy (non-hydrogen) atoms. The van der Waals surface area contributed by atoms with E-state index in [2.05, 4.69) is 31.3 Å². The molecule has 1 aliphatic carbocycles. The number of aromatic hydroxyl groups is 1.